The Labute approximate surface area is 153 Å². The van der Waals surface area contributed by atoms with E-state index in [0.29, 0.717) is 0 Å². The Hall–Kier alpha value is -2.30. The van der Waals surface area contributed by atoms with Gasteiger partial charge in [0.2, 0.25) is 0 Å². The maximum Gasteiger partial charge on any atom is 0.126 e. The minimum absolute atomic E-state index is 0.983. The lowest BCUT2D eigenvalue weighted by Crippen LogP contribution is -1.86. The fraction of sp³-hybridized carbons (Fsp3) is 0. The SMILES string of the molecule is Brc1cccc(-c2csc(-c3cnccc3-c3ccccc3)n2)c1. The van der Waals surface area contributed by atoms with E-state index in [4.69, 9.17) is 4.98 Å². The summed E-state index contributed by atoms with van der Waals surface area (Å²) in [6.45, 7) is 0. The van der Waals surface area contributed by atoms with Crippen LogP contribution in [0.3, 0.4) is 0 Å². The summed E-state index contributed by atoms with van der Waals surface area (Å²) in [5.41, 5.74) is 5.49. The quantitative estimate of drug-likeness (QED) is 0.408. The van der Waals surface area contributed by atoms with Crippen LogP contribution in [0.4, 0.5) is 0 Å². The Morgan fingerprint density at radius 3 is 2.50 bits per heavy atom. The third-order valence-electron chi connectivity index (χ3n) is 3.76. The summed E-state index contributed by atoms with van der Waals surface area (Å²) >= 11 is 5.16. The second-order valence-corrected chi connectivity index (χ2v) is 7.11. The first-order chi connectivity index (χ1) is 11.8. The van der Waals surface area contributed by atoms with Crippen molar-refractivity contribution in [3.8, 4) is 33.0 Å². The van der Waals surface area contributed by atoms with Crippen molar-refractivity contribution in [3.05, 3.63) is 82.9 Å². The van der Waals surface area contributed by atoms with E-state index in [1.165, 1.54) is 5.56 Å². The van der Waals surface area contributed by atoms with Gasteiger partial charge < -0.3 is 0 Å². The van der Waals surface area contributed by atoms with E-state index in [0.717, 1.165) is 31.9 Å². The second-order valence-electron chi connectivity index (χ2n) is 5.34. The standard InChI is InChI=1S/C20H13BrN2S/c21-16-8-4-7-15(11-16)19-13-24-20(23-19)18-12-22-10-9-17(18)14-5-2-1-3-6-14/h1-13H. The van der Waals surface area contributed by atoms with Crippen molar-refractivity contribution in [2.45, 2.75) is 0 Å². The first-order valence-electron chi connectivity index (χ1n) is 7.52. The summed E-state index contributed by atoms with van der Waals surface area (Å²) in [6, 6.07) is 20.6. The molecule has 0 saturated carbocycles. The first kappa shape index (κ1) is 15.2. The lowest BCUT2D eigenvalue weighted by atomic mass is 10.0. The molecule has 0 saturated heterocycles. The molecular weight excluding hydrogens is 380 g/mol. The molecule has 0 amide bonds. The van der Waals surface area contributed by atoms with Gasteiger partial charge in [0.25, 0.3) is 0 Å². The monoisotopic (exact) mass is 392 g/mol. The number of hydrogen-bond acceptors (Lipinski definition) is 3. The molecule has 0 bridgehead atoms. The largest absolute Gasteiger partial charge is 0.264 e. The molecule has 0 radical (unpaired) electrons. The van der Waals surface area contributed by atoms with Gasteiger partial charge in [-0.3, -0.25) is 4.98 Å². The van der Waals surface area contributed by atoms with Crippen LogP contribution in [0, 0.1) is 0 Å². The fourth-order valence-corrected chi connectivity index (χ4v) is 3.86. The van der Waals surface area contributed by atoms with Gasteiger partial charge >= 0.3 is 0 Å². The van der Waals surface area contributed by atoms with Gasteiger partial charge in [-0.25, -0.2) is 4.98 Å². The molecule has 0 atom stereocenters. The molecule has 4 rings (SSSR count). The summed E-state index contributed by atoms with van der Waals surface area (Å²) in [4.78, 5) is 9.14. The van der Waals surface area contributed by atoms with Crippen LogP contribution >= 0.6 is 27.3 Å². The molecule has 2 aromatic carbocycles. The Morgan fingerprint density at radius 2 is 1.67 bits per heavy atom. The zero-order valence-electron chi connectivity index (χ0n) is 12.7. The van der Waals surface area contributed by atoms with E-state index in [2.05, 4.69) is 50.6 Å². The Bertz CT molecular complexity index is 980. The molecule has 0 fully saturated rings. The zero-order valence-corrected chi connectivity index (χ0v) is 15.1. The molecule has 116 valence electrons. The van der Waals surface area contributed by atoms with Crippen LogP contribution in [0.5, 0.6) is 0 Å². The number of benzene rings is 2. The molecule has 2 aromatic heterocycles. The highest BCUT2D eigenvalue weighted by molar-refractivity contribution is 9.10. The van der Waals surface area contributed by atoms with Gasteiger partial charge in [-0.2, -0.15) is 0 Å². The van der Waals surface area contributed by atoms with Crippen LogP contribution in [0.25, 0.3) is 33.0 Å². The lowest BCUT2D eigenvalue weighted by Gasteiger charge is -2.06. The predicted molar refractivity (Wildman–Crippen MR) is 104 cm³/mol. The maximum absolute atomic E-state index is 4.84. The molecule has 2 heterocycles. The first-order valence-corrected chi connectivity index (χ1v) is 9.20. The van der Waals surface area contributed by atoms with Crippen LogP contribution < -0.4 is 0 Å². The normalized spacial score (nSPS) is 10.7. The van der Waals surface area contributed by atoms with Crippen molar-refractivity contribution >= 4 is 27.3 Å². The number of thiazole rings is 1. The van der Waals surface area contributed by atoms with E-state index in [1.54, 1.807) is 11.3 Å². The molecule has 0 aliphatic rings. The van der Waals surface area contributed by atoms with E-state index < -0.39 is 0 Å². The molecule has 0 aliphatic carbocycles. The molecule has 0 spiro atoms. The average molecular weight is 393 g/mol. The number of hydrogen-bond donors (Lipinski definition) is 0. The molecule has 24 heavy (non-hydrogen) atoms. The lowest BCUT2D eigenvalue weighted by molar-refractivity contribution is 1.31. The third kappa shape index (κ3) is 3.03. The molecule has 0 unspecified atom stereocenters. The van der Waals surface area contributed by atoms with Crippen LogP contribution in [-0.4, -0.2) is 9.97 Å². The van der Waals surface area contributed by atoms with Crippen LogP contribution in [0.2, 0.25) is 0 Å². The van der Waals surface area contributed by atoms with Gasteiger partial charge in [0.1, 0.15) is 5.01 Å². The van der Waals surface area contributed by atoms with Gasteiger partial charge in [-0.15, -0.1) is 11.3 Å². The fourth-order valence-electron chi connectivity index (χ4n) is 2.61. The second kappa shape index (κ2) is 6.67. The van der Waals surface area contributed by atoms with Crippen molar-refractivity contribution in [2.24, 2.45) is 0 Å². The number of pyridine rings is 1. The summed E-state index contributed by atoms with van der Waals surface area (Å²) in [5.74, 6) is 0. The predicted octanol–water partition coefficient (Wildman–Crippen LogP) is 6.30. The number of aromatic nitrogens is 2. The molecule has 4 aromatic rings. The van der Waals surface area contributed by atoms with E-state index >= 15 is 0 Å². The highest BCUT2D eigenvalue weighted by Crippen LogP contribution is 2.35. The Balaban J connectivity index is 1.79. The summed E-state index contributed by atoms with van der Waals surface area (Å²) in [5, 5.41) is 3.08. The zero-order chi connectivity index (χ0) is 16.4. The van der Waals surface area contributed by atoms with Gasteiger partial charge in [-0.05, 0) is 29.3 Å². The van der Waals surface area contributed by atoms with Crippen molar-refractivity contribution in [2.75, 3.05) is 0 Å². The van der Waals surface area contributed by atoms with Crippen molar-refractivity contribution in [1.82, 2.24) is 9.97 Å². The molecular formula is C20H13BrN2S. The number of halogens is 1. The van der Waals surface area contributed by atoms with E-state index in [9.17, 15) is 0 Å². The molecule has 4 heteroatoms. The summed E-state index contributed by atoms with van der Waals surface area (Å²) in [6.07, 6.45) is 3.72. The van der Waals surface area contributed by atoms with Gasteiger partial charge in [0.05, 0.1) is 5.69 Å². The van der Waals surface area contributed by atoms with Crippen molar-refractivity contribution in [1.29, 1.82) is 0 Å². The summed E-state index contributed by atoms with van der Waals surface area (Å²) < 4.78 is 1.06. The highest BCUT2D eigenvalue weighted by atomic mass is 79.9. The maximum atomic E-state index is 4.84. The van der Waals surface area contributed by atoms with Crippen LogP contribution in [0.15, 0.2) is 82.9 Å². The smallest absolute Gasteiger partial charge is 0.126 e. The van der Waals surface area contributed by atoms with E-state index in [1.807, 2.05) is 48.8 Å². The van der Waals surface area contributed by atoms with Gasteiger partial charge in [-0.1, -0.05) is 58.4 Å². The molecule has 0 aliphatic heterocycles. The Kier molecular flexibility index (Phi) is 4.24. The minimum Gasteiger partial charge on any atom is -0.264 e. The average Bonchev–Trinajstić information content (AvgIpc) is 3.12. The van der Waals surface area contributed by atoms with Crippen LogP contribution in [-0.2, 0) is 0 Å². The van der Waals surface area contributed by atoms with Crippen molar-refractivity contribution in [3.63, 3.8) is 0 Å². The minimum atomic E-state index is 0.983. The van der Waals surface area contributed by atoms with Gasteiger partial charge in [0.15, 0.2) is 0 Å². The van der Waals surface area contributed by atoms with Crippen LogP contribution in [0.1, 0.15) is 0 Å². The highest BCUT2D eigenvalue weighted by Gasteiger charge is 2.12. The van der Waals surface area contributed by atoms with E-state index in [-0.39, 0.29) is 0 Å². The topological polar surface area (TPSA) is 25.8 Å². The van der Waals surface area contributed by atoms with Crippen molar-refractivity contribution < 1.29 is 0 Å². The number of nitrogens with zero attached hydrogens (tertiary/aromatic N) is 2. The number of rotatable bonds is 3. The molecule has 0 N–H and O–H groups in total. The molecule has 2 nitrogen and oxygen atoms in total. The Morgan fingerprint density at radius 1 is 0.833 bits per heavy atom. The summed E-state index contributed by atoms with van der Waals surface area (Å²) in [7, 11) is 0. The third-order valence-corrected chi connectivity index (χ3v) is 5.13. The van der Waals surface area contributed by atoms with Gasteiger partial charge in [0, 0.05) is 33.4 Å².